The van der Waals surface area contributed by atoms with Crippen molar-refractivity contribution in [3.05, 3.63) is 23.9 Å². The van der Waals surface area contributed by atoms with Crippen molar-refractivity contribution in [2.75, 3.05) is 18.6 Å². The van der Waals surface area contributed by atoms with Crippen LogP contribution in [0.2, 0.25) is 0 Å². The van der Waals surface area contributed by atoms with Gasteiger partial charge >= 0.3 is 0 Å². The van der Waals surface area contributed by atoms with Crippen LogP contribution in [0.5, 0.6) is 5.88 Å². The summed E-state index contributed by atoms with van der Waals surface area (Å²) in [7, 11) is 1.66. The summed E-state index contributed by atoms with van der Waals surface area (Å²) in [5.74, 6) is 3.20. The zero-order valence-corrected chi connectivity index (χ0v) is 10.3. The molecule has 0 aliphatic rings. The van der Waals surface area contributed by atoms with E-state index in [-0.39, 0.29) is 0 Å². The first-order valence-electron chi connectivity index (χ1n) is 5.44. The second kappa shape index (κ2) is 7.57. The summed E-state index contributed by atoms with van der Waals surface area (Å²) in [6.45, 7) is 2.20. The standard InChI is InChI=1S/C12H19NOS/c1-3-15-10-5-4-7-11-8-6-9-12(13-11)14-2/h6,8-9H,3-5,7,10H2,1-2H3. The van der Waals surface area contributed by atoms with Gasteiger partial charge < -0.3 is 4.74 Å². The van der Waals surface area contributed by atoms with Gasteiger partial charge in [0.15, 0.2) is 0 Å². The summed E-state index contributed by atoms with van der Waals surface area (Å²) in [6, 6.07) is 5.95. The number of aromatic nitrogens is 1. The minimum Gasteiger partial charge on any atom is -0.481 e. The van der Waals surface area contributed by atoms with Gasteiger partial charge in [-0.15, -0.1) is 0 Å². The van der Waals surface area contributed by atoms with E-state index in [1.807, 2.05) is 23.9 Å². The molecular formula is C12H19NOS. The van der Waals surface area contributed by atoms with Crippen LogP contribution < -0.4 is 4.74 Å². The van der Waals surface area contributed by atoms with Crippen LogP contribution in [0.15, 0.2) is 18.2 Å². The SMILES string of the molecule is CCSCCCCc1cccc(OC)n1. The number of hydrogen-bond donors (Lipinski definition) is 0. The molecule has 0 saturated carbocycles. The largest absolute Gasteiger partial charge is 0.481 e. The van der Waals surface area contributed by atoms with E-state index < -0.39 is 0 Å². The smallest absolute Gasteiger partial charge is 0.213 e. The Kier molecular flexibility index (Phi) is 6.25. The van der Waals surface area contributed by atoms with Crippen LogP contribution in [0.25, 0.3) is 0 Å². The summed E-state index contributed by atoms with van der Waals surface area (Å²) >= 11 is 2.01. The van der Waals surface area contributed by atoms with Crippen molar-refractivity contribution in [1.29, 1.82) is 0 Å². The molecule has 1 aromatic heterocycles. The van der Waals surface area contributed by atoms with E-state index in [0.29, 0.717) is 0 Å². The van der Waals surface area contributed by atoms with Gasteiger partial charge in [0.1, 0.15) is 0 Å². The van der Waals surface area contributed by atoms with E-state index in [4.69, 9.17) is 4.74 Å². The summed E-state index contributed by atoms with van der Waals surface area (Å²) in [5.41, 5.74) is 1.14. The number of pyridine rings is 1. The molecule has 2 nitrogen and oxygen atoms in total. The molecule has 0 aromatic carbocycles. The first-order valence-corrected chi connectivity index (χ1v) is 6.60. The zero-order valence-electron chi connectivity index (χ0n) is 9.53. The fraction of sp³-hybridized carbons (Fsp3) is 0.583. The zero-order chi connectivity index (χ0) is 10.9. The average molecular weight is 225 g/mol. The molecule has 15 heavy (non-hydrogen) atoms. The summed E-state index contributed by atoms with van der Waals surface area (Å²) < 4.78 is 5.08. The van der Waals surface area contributed by atoms with Gasteiger partial charge in [-0.25, -0.2) is 4.98 Å². The molecular weight excluding hydrogens is 206 g/mol. The van der Waals surface area contributed by atoms with E-state index in [1.54, 1.807) is 7.11 Å². The lowest BCUT2D eigenvalue weighted by Crippen LogP contribution is -1.94. The van der Waals surface area contributed by atoms with E-state index in [2.05, 4.69) is 18.0 Å². The quantitative estimate of drug-likeness (QED) is 0.665. The molecule has 0 fully saturated rings. The summed E-state index contributed by atoms with van der Waals surface area (Å²) in [6.07, 6.45) is 3.55. The molecule has 0 aliphatic heterocycles. The predicted octanol–water partition coefficient (Wildman–Crippen LogP) is 3.17. The Hall–Kier alpha value is -0.700. The molecule has 0 radical (unpaired) electrons. The summed E-state index contributed by atoms with van der Waals surface area (Å²) in [5, 5.41) is 0. The minimum atomic E-state index is 0.718. The van der Waals surface area contributed by atoms with Crippen LogP contribution in [0.3, 0.4) is 0 Å². The number of nitrogens with zero attached hydrogens (tertiary/aromatic N) is 1. The van der Waals surface area contributed by atoms with Gasteiger partial charge in [-0.1, -0.05) is 13.0 Å². The van der Waals surface area contributed by atoms with Gasteiger partial charge in [-0.2, -0.15) is 11.8 Å². The molecule has 1 heterocycles. The number of ether oxygens (including phenoxy) is 1. The number of methoxy groups -OCH3 is 1. The molecule has 1 rings (SSSR count). The molecule has 3 heteroatoms. The third-order valence-electron chi connectivity index (χ3n) is 2.17. The average Bonchev–Trinajstić information content (AvgIpc) is 2.29. The van der Waals surface area contributed by atoms with Crippen molar-refractivity contribution in [1.82, 2.24) is 4.98 Å². The van der Waals surface area contributed by atoms with Crippen LogP contribution >= 0.6 is 11.8 Å². The Morgan fingerprint density at radius 1 is 1.33 bits per heavy atom. The van der Waals surface area contributed by atoms with Gasteiger partial charge in [-0.05, 0) is 36.8 Å². The van der Waals surface area contributed by atoms with Gasteiger partial charge in [0.05, 0.1) is 7.11 Å². The lowest BCUT2D eigenvalue weighted by atomic mass is 10.2. The van der Waals surface area contributed by atoms with Crippen molar-refractivity contribution in [3.8, 4) is 5.88 Å². The van der Waals surface area contributed by atoms with Gasteiger partial charge in [0, 0.05) is 11.8 Å². The Labute approximate surface area is 96.4 Å². The molecule has 0 saturated heterocycles. The minimum absolute atomic E-state index is 0.718. The highest BCUT2D eigenvalue weighted by Crippen LogP contribution is 2.10. The van der Waals surface area contributed by atoms with Crippen LogP contribution in [0.4, 0.5) is 0 Å². The van der Waals surface area contributed by atoms with E-state index in [9.17, 15) is 0 Å². The molecule has 0 bridgehead atoms. The number of unbranched alkanes of at least 4 members (excludes halogenated alkanes) is 1. The lowest BCUT2D eigenvalue weighted by molar-refractivity contribution is 0.396. The third kappa shape index (κ3) is 5.07. The molecule has 0 unspecified atom stereocenters. The van der Waals surface area contributed by atoms with Crippen molar-refractivity contribution in [2.45, 2.75) is 26.2 Å². The normalized spacial score (nSPS) is 10.3. The topological polar surface area (TPSA) is 22.1 Å². The number of rotatable bonds is 7. The van der Waals surface area contributed by atoms with E-state index in [0.717, 1.165) is 18.0 Å². The molecule has 0 amide bonds. The second-order valence-electron chi connectivity index (χ2n) is 3.33. The van der Waals surface area contributed by atoms with E-state index >= 15 is 0 Å². The summed E-state index contributed by atoms with van der Waals surface area (Å²) in [4.78, 5) is 4.38. The molecule has 1 aromatic rings. The fourth-order valence-electron chi connectivity index (χ4n) is 1.37. The number of hydrogen-bond acceptors (Lipinski definition) is 3. The Morgan fingerprint density at radius 3 is 2.93 bits per heavy atom. The maximum atomic E-state index is 5.08. The van der Waals surface area contributed by atoms with Gasteiger partial charge in [0.25, 0.3) is 0 Å². The second-order valence-corrected chi connectivity index (χ2v) is 4.72. The maximum absolute atomic E-state index is 5.08. The number of aryl methyl sites for hydroxylation is 1. The highest BCUT2D eigenvalue weighted by molar-refractivity contribution is 7.99. The maximum Gasteiger partial charge on any atom is 0.213 e. The van der Waals surface area contributed by atoms with Gasteiger partial charge in [-0.3, -0.25) is 0 Å². The highest BCUT2D eigenvalue weighted by atomic mass is 32.2. The van der Waals surface area contributed by atoms with Gasteiger partial charge in [0.2, 0.25) is 5.88 Å². The van der Waals surface area contributed by atoms with Crippen molar-refractivity contribution < 1.29 is 4.74 Å². The molecule has 0 spiro atoms. The lowest BCUT2D eigenvalue weighted by Gasteiger charge is -2.03. The van der Waals surface area contributed by atoms with Crippen LogP contribution in [0.1, 0.15) is 25.5 Å². The van der Waals surface area contributed by atoms with Crippen molar-refractivity contribution in [2.24, 2.45) is 0 Å². The first kappa shape index (κ1) is 12.4. The van der Waals surface area contributed by atoms with Crippen LogP contribution in [-0.4, -0.2) is 23.6 Å². The highest BCUT2D eigenvalue weighted by Gasteiger charge is 1.97. The molecule has 0 N–H and O–H groups in total. The Bertz CT molecular complexity index is 278. The van der Waals surface area contributed by atoms with Crippen molar-refractivity contribution >= 4 is 11.8 Å². The predicted molar refractivity (Wildman–Crippen MR) is 66.7 cm³/mol. The molecule has 0 atom stereocenters. The first-order chi connectivity index (χ1) is 7.36. The third-order valence-corrected chi connectivity index (χ3v) is 3.15. The Morgan fingerprint density at radius 2 is 2.20 bits per heavy atom. The van der Waals surface area contributed by atoms with Crippen LogP contribution in [-0.2, 0) is 6.42 Å². The van der Waals surface area contributed by atoms with Crippen molar-refractivity contribution in [3.63, 3.8) is 0 Å². The monoisotopic (exact) mass is 225 g/mol. The molecule has 84 valence electrons. The molecule has 0 aliphatic carbocycles. The van der Waals surface area contributed by atoms with Crippen LogP contribution in [0, 0.1) is 0 Å². The number of thioether (sulfide) groups is 1. The Balaban J connectivity index is 2.24. The fourth-order valence-corrected chi connectivity index (χ4v) is 2.06. The van der Waals surface area contributed by atoms with E-state index in [1.165, 1.54) is 24.3 Å².